The third kappa shape index (κ3) is 20.1. The highest BCUT2D eigenvalue weighted by Gasteiger charge is 2.19. The van der Waals surface area contributed by atoms with E-state index in [4.69, 9.17) is 5.14 Å². The average molecular weight is 484 g/mol. The quantitative estimate of drug-likeness (QED) is 0.205. The molecule has 0 saturated heterocycles. The second kappa shape index (κ2) is 19.3. The van der Waals surface area contributed by atoms with Crippen LogP contribution in [0.3, 0.4) is 0 Å². The maximum Gasteiger partial charge on any atom is 0.274 e. The Bertz CT molecular complexity index is 604. The lowest BCUT2D eigenvalue weighted by Crippen LogP contribution is -2.34. The molecule has 0 aliphatic carbocycles. The first-order valence-corrected chi connectivity index (χ1v) is 15.6. The minimum absolute atomic E-state index is 0.301. The summed E-state index contributed by atoms with van der Waals surface area (Å²) in [6.07, 6.45) is 17.8. The molecule has 0 heterocycles. The lowest BCUT2D eigenvalue weighted by Gasteiger charge is -2.20. The second-order valence-corrected chi connectivity index (χ2v) is 12.1. The molecule has 7 nitrogen and oxygen atoms in total. The summed E-state index contributed by atoms with van der Waals surface area (Å²) in [5, 5.41) is 4.88. The number of hydrogen-bond donors (Lipinski definition) is 2. The minimum Gasteiger partial charge on any atom is -0.216 e. The number of nitrogens with zero attached hydrogens (tertiary/aromatic N) is 1. The molecule has 3 N–H and O–H groups in total. The number of nitrogens with one attached hydrogen (secondary N) is 1. The van der Waals surface area contributed by atoms with Gasteiger partial charge in [-0.05, 0) is 25.7 Å². The van der Waals surface area contributed by atoms with Gasteiger partial charge < -0.3 is 0 Å². The maximum absolute atomic E-state index is 12.4. The Morgan fingerprint density at radius 3 is 1.32 bits per heavy atom. The van der Waals surface area contributed by atoms with E-state index in [0.29, 0.717) is 25.4 Å². The SMILES string of the molecule is CCCN(CCC)S(=O)(=O)CCCCCCCCCCCCCCCCNS(N)(=O)=O. The fourth-order valence-electron chi connectivity index (χ4n) is 3.76. The second-order valence-electron chi connectivity index (χ2n) is 8.60. The van der Waals surface area contributed by atoms with Crippen molar-refractivity contribution >= 4 is 20.2 Å². The number of sulfonamides is 1. The monoisotopic (exact) mass is 483 g/mol. The first-order valence-electron chi connectivity index (χ1n) is 12.5. The molecule has 0 unspecified atom stereocenters. The van der Waals surface area contributed by atoms with Crippen LogP contribution in [0.5, 0.6) is 0 Å². The molecule has 0 spiro atoms. The van der Waals surface area contributed by atoms with Crippen LogP contribution in [0.4, 0.5) is 0 Å². The summed E-state index contributed by atoms with van der Waals surface area (Å²) in [7, 11) is -6.60. The summed E-state index contributed by atoms with van der Waals surface area (Å²) >= 11 is 0. The van der Waals surface area contributed by atoms with Crippen molar-refractivity contribution in [3.05, 3.63) is 0 Å². The Morgan fingerprint density at radius 2 is 0.968 bits per heavy atom. The third-order valence-electron chi connectivity index (χ3n) is 5.47. The zero-order valence-electron chi connectivity index (χ0n) is 20.1. The van der Waals surface area contributed by atoms with E-state index in [-0.39, 0.29) is 0 Å². The van der Waals surface area contributed by atoms with Crippen molar-refractivity contribution < 1.29 is 16.8 Å². The van der Waals surface area contributed by atoms with E-state index in [2.05, 4.69) is 4.72 Å². The standard InChI is InChI=1S/C22H49N3O4S2/c1-3-20-25(21-4-2)30(26,27)22-18-16-14-12-10-8-6-5-7-9-11-13-15-17-19-24-31(23,28)29/h24H,3-22H2,1-2H3,(H2,23,28,29). The summed E-state index contributed by atoms with van der Waals surface area (Å²) in [5.41, 5.74) is 0. The van der Waals surface area contributed by atoms with Gasteiger partial charge in [-0.1, -0.05) is 90.9 Å². The lowest BCUT2D eigenvalue weighted by atomic mass is 10.0. The Balaban J connectivity index is 3.43. The van der Waals surface area contributed by atoms with Gasteiger partial charge in [0, 0.05) is 19.6 Å². The summed E-state index contributed by atoms with van der Waals surface area (Å²) in [4.78, 5) is 0. The van der Waals surface area contributed by atoms with Crippen molar-refractivity contribution in [1.82, 2.24) is 9.03 Å². The molecule has 9 heteroatoms. The summed E-state index contributed by atoms with van der Waals surface area (Å²) in [5.74, 6) is 0.301. The van der Waals surface area contributed by atoms with Crippen LogP contribution >= 0.6 is 0 Å². The van der Waals surface area contributed by atoms with Crippen molar-refractivity contribution in [1.29, 1.82) is 0 Å². The van der Waals surface area contributed by atoms with Gasteiger partial charge >= 0.3 is 0 Å². The fourth-order valence-corrected chi connectivity index (χ4v) is 5.94. The first kappa shape index (κ1) is 30.8. The Labute approximate surface area is 193 Å². The maximum atomic E-state index is 12.4. The number of rotatable bonds is 23. The van der Waals surface area contributed by atoms with E-state index in [1.54, 1.807) is 4.31 Å². The molecule has 31 heavy (non-hydrogen) atoms. The Hall–Kier alpha value is -0.220. The topological polar surface area (TPSA) is 110 Å². The number of unbranched alkanes of at least 4 members (excludes halogenated alkanes) is 13. The van der Waals surface area contributed by atoms with Gasteiger partial charge in [-0.15, -0.1) is 0 Å². The highest BCUT2D eigenvalue weighted by Crippen LogP contribution is 2.14. The highest BCUT2D eigenvalue weighted by molar-refractivity contribution is 7.89. The third-order valence-corrected chi connectivity index (χ3v) is 8.03. The number of nitrogens with two attached hydrogens (primary N) is 1. The summed E-state index contributed by atoms with van der Waals surface area (Å²) in [6, 6.07) is 0. The van der Waals surface area contributed by atoms with Gasteiger partial charge in [-0.3, -0.25) is 0 Å². The molecule has 0 radical (unpaired) electrons. The van der Waals surface area contributed by atoms with Gasteiger partial charge in [0.15, 0.2) is 0 Å². The molecule has 0 bridgehead atoms. The van der Waals surface area contributed by atoms with Crippen LogP contribution in [-0.4, -0.2) is 46.5 Å². The van der Waals surface area contributed by atoms with Crippen LogP contribution in [0.1, 0.15) is 117 Å². The van der Waals surface area contributed by atoms with Crippen molar-refractivity contribution in [3.63, 3.8) is 0 Å². The molecule has 0 fully saturated rings. The molecule has 0 aliphatic rings. The molecular formula is C22H49N3O4S2. The molecule has 0 aromatic carbocycles. The summed E-state index contributed by atoms with van der Waals surface area (Å²) < 4.78 is 50.2. The van der Waals surface area contributed by atoms with E-state index in [1.165, 1.54) is 51.4 Å². The first-order chi connectivity index (χ1) is 14.7. The molecular weight excluding hydrogens is 434 g/mol. The predicted molar refractivity (Wildman–Crippen MR) is 132 cm³/mol. The van der Waals surface area contributed by atoms with Crippen LogP contribution in [0, 0.1) is 0 Å². The molecule has 0 saturated carbocycles. The molecule has 188 valence electrons. The lowest BCUT2D eigenvalue weighted by molar-refractivity contribution is 0.408. The van der Waals surface area contributed by atoms with E-state index >= 15 is 0 Å². The number of hydrogen-bond acceptors (Lipinski definition) is 4. The zero-order chi connectivity index (χ0) is 23.4. The van der Waals surface area contributed by atoms with Crippen molar-refractivity contribution in [2.24, 2.45) is 5.14 Å². The van der Waals surface area contributed by atoms with E-state index in [9.17, 15) is 16.8 Å². The Kier molecular flexibility index (Phi) is 19.1. The smallest absolute Gasteiger partial charge is 0.216 e. The van der Waals surface area contributed by atoms with Crippen LogP contribution in [0.25, 0.3) is 0 Å². The largest absolute Gasteiger partial charge is 0.274 e. The van der Waals surface area contributed by atoms with Gasteiger partial charge in [-0.25, -0.2) is 22.6 Å². The molecule has 0 atom stereocenters. The van der Waals surface area contributed by atoms with Crippen LogP contribution in [0.15, 0.2) is 0 Å². The van der Waals surface area contributed by atoms with Crippen molar-refractivity contribution in [2.75, 3.05) is 25.4 Å². The zero-order valence-corrected chi connectivity index (χ0v) is 21.7. The highest BCUT2D eigenvalue weighted by atomic mass is 32.2. The van der Waals surface area contributed by atoms with Crippen LogP contribution in [0.2, 0.25) is 0 Å². The normalized spacial score (nSPS) is 12.6. The molecule has 0 aromatic heterocycles. The molecule has 0 aliphatic heterocycles. The van der Waals surface area contributed by atoms with Gasteiger partial charge in [0.25, 0.3) is 10.2 Å². The molecule has 0 rings (SSSR count). The van der Waals surface area contributed by atoms with E-state index < -0.39 is 20.2 Å². The van der Waals surface area contributed by atoms with Crippen LogP contribution in [-0.2, 0) is 20.2 Å². The predicted octanol–water partition coefficient (Wildman–Crippen LogP) is 4.69. The molecule has 0 aromatic rings. The van der Waals surface area contributed by atoms with Crippen LogP contribution < -0.4 is 9.86 Å². The average Bonchev–Trinajstić information content (AvgIpc) is 2.69. The fraction of sp³-hybridized carbons (Fsp3) is 1.00. The summed E-state index contributed by atoms with van der Waals surface area (Å²) in [6.45, 7) is 5.79. The minimum atomic E-state index is -3.53. The van der Waals surface area contributed by atoms with Crippen molar-refractivity contribution in [2.45, 2.75) is 117 Å². The van der Waals surface area contributed by atoms with Gasteiger partial charge in [0.05, 0.1) is 5.75 Å². The van der Waals surface area contributed by atoms with Gasteiger partial charge in [0.2, 0.25) is 10.0 Å². The van der Waals surface area contributed by atoms with Gasteiger partial charge in [0.1, 0.15) is 0 Å². The van der Waals surface area contributed by atoms with E-state index in [1.807, 2.05) is 13.8 Å². The Morgan fingerprint density at radius 1 is 0.613 bits per heavy atom. The van der Waals surface area contributed by atoms with Crippen molar-refractivity contribution in [3.8, 4) is 0 Å². The van der Waals surface area contributed by atoms with E-state index in [0.717, 1.165) is 51.4 Å². The molecule has 0 amide bonds. The van der Waals surface area contributed by atoms with Gasteiger partial charge in [-0.2, -0.15) is 8.42 Å².